The maximum atomic E-state index is 12.2. The highest BCUT2D eigenvalue weighted by atomic mass is 19.1. The number of aliphatic imine (C=N–C) groups is 1. The first-order chi connectivity index (χ1) is 4.81. The maximum absolute atomic E-state index is 12.2. The second kappa shape index (κ2) is 6.20. The SMILES string of the molecule is C\C=C(F)/N=C\C=C\CC. The van der Waals surface area contributed by atoms with Crippen LogP contribution in [0.2, 0.25) is 0 Å². The Labute approximate surface area is 61.0 Å². The molecule has 56 valence electrons. The predicted molar refractivity (Wildman–Crippen MR) is 42.8 cm³/mol. The van der Waals surface area contributed by atoms with Crippen molar-refractivity contribution in [2.75, 3.05) is 0 Å². The highest BCUT2D eigenvalue weighted by Gasteiger charge is 1.78. The van der Waals surface area contributed by atoms with Crippen molar-refractivity contribution in [3.63, 3.8) is 0 Å². The van der Waals surface area contributed by atoms with Gasteiger partial charge in [0.05, 0.1) is 0 Å². The van der Waals surface area contributed by atoms with E-state index in [1.54, 1.807) is 13.0 Å². The Balaban J connectivity index is 3.66. The van der Waals surface area contributed by atoms with Crippen molar-refractivity contribution in [2.24, 2.45) is 4.99 Å². The minimum atomic E-state index is -0.444. The van der Waals surface area contributed by atoms with Gasteiger partial charge in [-0.15, -0.1) is 0 Å². The molecule has 0 rings (SSSR count). The molecule has 0 amide bonds. The van der Waals surface area contributed by atoms with Gasteiger partial charge in [0.1, 0.15) is 0 Å². The summed E-state index contributed by atoms with van der Waals surface area (Å²) in [5.41, 5.74) is 0. The van der Waals surface area contributed by atoms with E-state index in [0.717, 1.165) is 6.42 Å². The fourth-order valence-electron chi connectivity index (χ4n) is 0.386. The number of halogens is 1. The van der Waals surface area contributed by atoms with E-state index >= 15 is 0 Å². The van der Waals surface area contributed by atoms with E-state index < -0.39 is 5.95 Å². The van der Waals surface area contributed by atoms with Gasteiger partial charge in [-0.25, -0.2) is 4.99 Å². The summed E-state index contributed by atoms with van der Waals surface area (Å²) in [6.45, 7) is 3.62. The standard InChI is InChI=1S/C8H12FN/c1-3-5-6-7-10-8(9)4-2/h4-7H,3H2,1-2H3/b6-5+,8-4-,10-7-. The predicted octanol–water partition coefficient (Wildman–Crippen LogP) is 2.85. The largest absolute Gasteiger partial charge is 0.229 e. The number of hydrogen-bond donors (Lipinski definition) is 0. The van der Waals surface area contributed by atoms with Crippen LogP contribution in [0.25, 0.3) is 0 Å². The molecular formula is C8H12FN. The zero-order valence-electron chi connectivity index (χ0n) is 6.34. The van der Waals surface area contributed by atoms with Crippen LogP contribution in [-0.2, 0) is 0 Å². The van der Waals surface area contributed by atoms with Crippen LogP contribution in [0.1, 0.15) is 20.3 Å². The van der Waals surface area contributed by atoms with Crippen LogP contribution < -0.4 is 0 Å². The second-order valence-corrected chi connectivity index (χ2v) is 1.73. The third kappa shape index (κ3) is 5.22. The average molecular weight is 141 g/mol. The lowest BCUT2D eigenvalue weighted by Crippen LogP contribution is -1.66. The van der Waals surface area contributed by atoms with Crippen molar-refractivity contribution in [1.29, 1.82) is 0 Å². The molecule has 0 aromatic heterocycles. The summed E-state index contributed by atoms with van der Waals surface area (Å²) < 4.78 is 12.2. The molecule has 2 heteroatoms. The van der Waals surface area contributed by atoms with E-state index in [-0.39, 0.29) is 0 Å². The van der Waals surface area contributed by atoms with Crippen LogP contribution in [0.15, 0.2) is 29.2 Å². The smallest absolute Gasteiger partial charge is 0.208 e. The highest BCUT2D eigenvalue weighted by molar-refractivity contribution is 5.71. The fourth-order valence-corrected chi connectivity index (χ4v) is 0.386. The zero-order chi connectivity index (χ0) is 7.82. The summed E-state index contributed by atoms with van der Waals surface area (Å²) >= 11 is 0. The Kier molecular flexibility index (Phi) is 5.63. The molecule has 10 heavy (non-hydrogen) atoms. The third-order valence-corrected chi connectivity index (χ3v) is 0.894. The molecule has 0 unspecified atom stereocenters. The second-order valence-electron chi connectivity index (χ2n) is 1.73. The van der Waals surface area contributed by atoms with E-state index in [1.807, 2.05) is 13.0 Å². The van der Waals surface area contributed by atoms with Gasteiger partial charge in [0.15, 0.2) is 0 Å². The summed E-state index contributed by atoms with van der Waals surface area (Å²) in [5.74, 6) is -0.444. The molecule has 0 bridgehead atoms. The summed E-state index contributed by atoms with van der Waals surface area (Å²) in [4.78, 5) is 3.46. The molecule has 1 nitrogen and oxygen atoms in total. The Morgan fingerprint density at radius 1 is 1.60 bits per heavy atom. The zero-order valence-corrected chi connectivity index (χ0v) is 6.34. The van der Waals surface area contributed by atoms with E-state index in [0.29, 0.717) is 0 Å². The van der Waals surface area contributed by atoms with Crippen LogP contribution in [0.4, 0.5) is 4.39 Å². The molecule has 0 aromatic carbocycles. The Morgan fingerprint density at radius 2 is 2.30 bits per heavy atom. The Bertz CT molecular complexity index is 157. The molecule has 0 spiro atoms. The molecule has 0 fully saturated rings. The van der Waals surface area contributed by atoms with Crippen LogP contribution in [-0.4, -0.2) is 6.21 Å². The van der Waals surface area contributed by atoms with Gasteiger partial charge in [0, 0.05) is 6.21 Å². The van der Waals surface area contributed by atoms with E-state index in [1.165, 1.54) is 12.3 Å². The number of nitrogens with zero attached hydrogens (tertiary/aromatic N) is 1. The minimum Gasteiger partial charge on any atom is -0.229 e. The van der Waals surface area contributed by atoms with E-state index in [9.17, 15) is 4.39 Å². The van der Waals surface area contributed by atoms with Gasteiger partial charge in [0.2, 0.25) is 5.95 Å². The Morgan fingerprint density at radius 3 is 2.80 bits per heavy atom. The average Bonchev–Trinajstić information content (AvgIpc) is 1.98. The number of hydrogen-bond acceptors (Lipinski definition) is 1. The maximum Gasteiger partial charge on any atom is 0.208 e. The van der Waals surface area contributed by atoms with E-state index in [4.69, 9.17) is 0 Å². The summed E-state index contributed by atoms with van der Waals surface area (Å²) in [7, 11) is 0. The topological polar surface area (TPSA) is 12.4 Å². The molecule has 0 saturated carbocycles. The van der Waals surface area contributed by atoms with Crippen molar-refractivity contribution >= 4 is 6.21 Å². The van der Waals surface area contributed by atoms with Gasteiger partial charge < -0.3 is 0 Å². The summed E-state index contributed by atoms with van der Waals surface area (Å²) in [5, 5.41) is 0. The van der Waals surface area contributed by atoms with Gasteiger partial charge >= 0.3 is 0 Å². The molecule has 0 N–H and O–H groups in total. The first-order valence-corrected chi connectivity index (χ1v) is 3.32. The van der Waals surface area contributed by atoms with Gasteiger partial charge in [0.25, 0.3) is 0 Å². The van der Waals surface area contributed by atoms with Crippen LogP contribution in [0.3, 0.4) is 0 Å². The Hall–Kier alpha value is -0.920. The molecular weight excluding hydrogens is 129 g/mol. The number of allylic oxidation sites excluding steroid dienone is 3. The summed E-state index contributed by atoms with van der Waals surface area (Å²) in [6, 6.07) is 0. The normalized spacial score (nSPS) is 13.7. The lowest BCUT2D eigenvalue weighted by molar-refractivity contribution is 0.627. The molecule has 0 aliphatic heterocycles. The first-order valence-electron chi connectivity index (χ1n) is 3.32. The molecule has 0 aromatic rings. The lowest BCUT2D eigenvalue weighted by atomic mass is 10.4. The van der Waals surface area contributed by atoms with Crippen molar-refractivity contribution < 1.29 is 4.39 Å². The minimum absolute atomic E-state index is 0.444. The van der Waals surface area contributed by atoms with Gasteiger partial charge in [-0.2, -0.15) is 4.39 Å². The van der Waals surface area contributed by atoms with E-state index in [2.05, 4.69) is 4.99 Å². The quantitative estimate of drug-likeness (QED) is 0.423. The summed E-state index contributed by atoms with van der Waals surface area (Å²) in [6.07, 6.45) is 7.34. The van der Waals surface area contributed by atoms with Crippen molar-refractivity contribution in [3.05, 3.63) is 24.2 Å². The van der Waals surface area contributed by atoms with Crippen molar-refractivity contribution in [2.45, 2.75) is 20.3 Å². The molecule has 0 saturated heterocycles. The van der Waals surface area contributed by atoms with Gasteiger partial charge in [-0.3, -0.25) is 0 Å². The van der Waals surface area contributed by atoms with Crippen molar-refractivity contribution in [1.82, 2.24) is 0 Å². The van der Waals surface area contributed by atoms with Crippen LogP contribution in [0, 0.1) is 0 Å². The van der Waals surface area contributed by atoms with Gasteiger partial charge in [-0.1, -0.05) is 13.0 Å². The molecule has 0 radical (unpaired) electrons. The van der Waals surface area contributed by atoms with Gasteiger partial charge in [-0.05, 0) is 25.5 Å². The fraction of sp³-hybridized carbons (Fsp3) is 0.375. The first kappa shape index (κ1) is 9.08. The number of rotatable bonds is 3. The van der Waals surface area contributed by atoms with Crippen LogP contribution >= 0.6 is 0 Å². The monoisotopic (exact) mass is 141 g/mol. The molecule has 0 heterocycles. The molecule has 0 atom stereocenters. The highest BCUT2D eigenvalue weighted by Crippen LogP contribution is 1.94. The molecule has 0 aliphatic rings. The van der Waals surface area contributed by atoms with Crippen molar-refractivity contribution in [3.8, 4) is 0 Å². The molecule has 0 aliphatic carbocycles. The van der Waals surface area contributed by atoms with Crippen LogP contribution in [0.5, 0.6) is 0 Å². The lowest BCUT2D eigenvalue weighted by Gasteiger charge is -1.79. The third-order valence-electron chi connectivity index (χ3n) is 0.894.